The molecule has 1 heterocycles. The van der Waals surface area contributed by atoms with Gasteiger partial charge in [-0.15, -0.1) is 0 Å². The van der Waals surface area contributed by atoms with Crippen LogP contribution in [0.25, 0.3) is 10.9 Å². The number of nitrogen functional groups attached to an aromatic ring is 1. The van der Waals surface area contributed by atoms with Crippen molar-refractivity contribution < 1.29 is 13.2 Å². The normalized spacial score (nSPS) is 12.1. The molecule has 1 aromatic carbocycles. The predicted molar refractivity (Wildman–Crippen MR) is 60.9 cm³/mol. The van der Waals surface area contributed by atoms with E-state index in [-0.39, 0.29) is 11.2 Å². The van der Waals surface area contributed by atoms with Crippen LogP contribution in [0.3, 0.4) is 0 Å². The van der Waals surface area contributed by atoms with Gasteiger partial charge in [0.15, 0.2) is 0 Å². The minimum atomic E-state index is -4.51. The zero-order chi connectivity index (χ0) is 12.8. The first-order valence-electron chi connectivity index (χ1n) is 4.72. The van der Waals surface area contributed by atoms with E-state index in [9.17, 15) is 13.2 Å². The van der Waals surface area contributed by atoms with E-state index in [0.717, 1.165) is 6.07 Å². The van der Waals surface area contributed by atoms with Crippen LogP contribution in [0.5, 0.6) is 0 Å². The van der Waals surface area contributed by atoms with Crippen LogP contribution >= 0.6 is 11.6 Å². The number of anilines is 1. The minimum absolute atomic E-state index is 0.0212. The minimum Gasteiger partial charge on any atom is -0.398 e. The van der Waals surface area contributed by atoms with E-state index in [4.69, 9.17) is 17.3 Å². The Kier molecular flexibility index (Phi) is 2.66. The second-order valence-corrected chi connectivity index (χ2v) is 4.15. The average molecular weight is 261 g/mol. The van der Waals surface area contributed by atoms with Crippen molar-refractivity contribution in [1.29, 1.82) is 0 Å². The monoisotopic (exact) mass is 260 g/mol. The van der Waals surface area contributed by atoms with E-state index in [0.29, 0.717) is 16.0 Å². The summed E-state index contributed by atoms with van der Waals surface area (Å²) in [6.45, 7) is 1.64. The number of benzene rings is 1. The van der Waals surface area contributed by atoms with E-state index < -0.39 is 11.9 Å². The Balaban J connectivity index is 2.83. The number of aryl methyl sites for hydroxylation is 1. The molecular weight excluding hydrogens is 253 g/mol. The fraction of sp³-hybridized carbons (Fsp3) is 0.182. The molecule has 2 rings (SSSR count). The number of nitrogens with zero attached hydrogens (tertiary/aromatic N) is 1. The molecule has 0 aliphatic carbocycles. The van der Waals surface area contributed by atoms with E-state index in [2.05, 4.69) is 4.98 Å². The predicted octanol–water partition coefficient (Wildman–Crippen LogP) is 3.80. The van der Waals surface area contributed by atoms with Crippen LogP contribution in [-0.2, 0) is 6.18 Å². The highest BCUT2D eigenvalue weighted by atomic mass is 35.5. The third kappa shape index (κ3) is 2.15. The molecule has 6 heteroatoms. The largest absolute Gasteiger partial charge is 0.433 e. The zero-order valence-corrected chi connectivity index (χ0v) is 9.52. The molecule has 0 saturated heterocycles. The second kappa shape index (κ2) is 3.77. The highest BCUT2D eigenvalue weighted by Gasteiger charge is 2.33. The molecule has 0 unspecified atom stereocenters. The summed E-state index contributed by atoms with van der Waals surface area (Å²) in [5.74, 6) is 0. The van der Waals surface area contributed by atoms with Gasteiger partial charge in [0.2, 0.25) is 0 Å². The Labute approximate surface area is 100 Å². The molecule has 0 atom stereocenters. The highest BCUT2D eigenvalue weighted by Crippen LogP contribution is 2.33. The number of alkyl halides is 3. The highest BCUT2D eigenvalue weighted by molar-refractivity contribution is 6.31. The molecule has 17 heavy (non-hydrogen) atoms. The van der Waals surface area contributed by atoms with Gasteiger partial charge in [0.25, 0.3) is 0 Å². The van der Waals surface area contributed by atoms with Crippen molar-refractivity contribution >= 4 is 28.2 Å². The number of halogens is 4. The Hall–Kier alpha value is -1.49. The Bertz CT molecular complexity index is 593. The molecule has 2 nitrogen and oxygen atoms in total. The maximum atomic E-state index is 12.6. The molecule has 0 radical (unpaired) electrons. The summed E-state index contributed by atoms with van der Waals surface area (Å²) in [5.41, 5.74) is 5.41. The van der Waals surface area contributed by atoms with Gasteiger partial charge in [-0.3, -0.25) is 0 Å². The number of hydrogen-bond acceptors (Lipinski definition) is 2. The molecule has 0 aliphatic rings. The van der Waals surface area contributed by atoms with Crippen molar-refractivity contribution in [3.8, 4) is 0 Å². The van der Waals surface area contributed by atoms with Crippen molar-refractivity contribution in [2.24, 2.45) is 0 Å². The summed E-state index contributed by atoms with van der Waals surface area (Å²) < 4.78 is 37.7. The number of aromatic nitrogens is 1. The van der Waals surface area contributed by atoms with Gasteiger partial charge >= 0.3 is 6.18 Å². The molecule has 2 aromatic rings. The Morgan fingerprint density at radius 2 is 1.88 bits per heavy atom. The van der Waals surface area contributed by atoms with Crippen molar-refractivity contribution in [3.05, 3.63) is 34.5 Å². The third-order valence-electron chi connectivity index (χ3n) is 2.39. The van der Waals surface area contributed by atoms with Crippen molar-refractivity contribution in [2.45, 2.75) is 13.1 Å². The molecular formula is C11H8ClF3N2. The zero-order valence-electron chi connectivity index (χ0n) is 8.77. The molecule has 0 bridgehead atoms. The van der Waals surface area contributed by atoms with Crippen molar-refractivity contribution in [2.75, 3.05) is 5.73 Å². The van der Waals surface area contributed by atoms with Gasteiger partial charge in [-0.25, -0.2) is 4.98 Å². The topological polar surface area (TPSA) is 38.9 Å². The maximum Gasteiger partial charge on any atom is 0.433 e. The van der Waals surface area contributed by atoms with E-state index in [1.807, 2.05) is 0 Å². The molecule has 2 N–H and O–H groups in total. The van der Waals surface area contributed by atoms with Gasteiger partial charge in [-0.05, 0) is 30.7 Å². The van der Waals surface area contributed by atoms with Gasteiger partial charge in [-0.1, -0.05) is 11.6 Å². The fourth-order valence-electron chi connectivity index (χ4n) is 1.63. The summed E-state index contributed by atoms with van der Waals surface area (Å²) in [5, 5.41) is 0.853. The van der Waals surface area contributed by atoms with Crippen LogP contribution in [-0.4, -0.2) is 4.98 Å². The summed E-state index contributed by atoms with van der Waals surface area (Å²) in [6.07, 6.45) is -4.51. The Morgan fingerprint density at radius 3 is 2.47 bits per heavy atom. The summed E-state index contributed by atoms with van der Waals surface area (Å²) in [7, 11) is 0. The number of rotatable bonds is 0. The SMILES string of the molecule is Cc1cc(Cl)cc2c(N)cc(C(F)(F)F)nc12. The van der Waals surface area contributed by atoms with Crippen LogP contribution in [0.2, 0.25) is 5.02 Å². The number of pyridine rings is 1. The standard InChI is InChI=1S/C11H8ClF3N2/c1-5-2-6(12)3-7-8(16)4-9(11(13,14)15)17-10(5)7/h2-4H,1H3,(H2,16,17). The maximum absolute atomic E-state index is 12.6. The molecule has 0 saturated carbocycles. The molecule has 1 aromatic heterocycles. The summed E-state index contributed by atoms with van der Waals surface area (Å²) in [6, 6.07) is 3.88. The number of hydrogen-bond donors (Lipinski definition) is 1. The fourth-order valence-corrected chi connectivity index (χ4v) is 1.90. The lowest BCUT2D eigenvalue weighted by Crippen LogP contribution is -2.09. The van der Waals surface area contributed by atoms with Crippen LogP contribution in [0, 0.1) is 6.92 Å². The number of nitrogens with two attached hydrogens (primary N) is 1. The van der Waals surface area contributed by atoms with E-state index in [1.54, 1.807) is 13.0 Å². The lowest BCUT2D eigenvalue weighted by molar-refractivity contribution is -0.140. The molecule has 90 valence electrons. The van der Waals surface area contributed by atoms with Crippen LogP contribution in [0.4, 0.5) is 18.9 Å². The van der Waals surface area contributed by atoms with Crippen LogP contribution in [0.1, 0.15) is 11.3 Å². The first-order valence-corrected chi connectivity index (χ1v) is 5.10. The average Bonchev–Trinajstić information content (AvgIpc) is 2.17. The van der Waals surface area contributed by atoms with Crippen LogP contribution < -0.4 is 5.73 Å². The van der Waals surface area contributed by atoms with Gasteiger partial charge in [0.05, 0.1) is 5.52 Å². The first-order chi connectivity index (χ1) is 7.79. The van der Waals surface area contributed by atoms with Gasteiger partial charge in [0.1, 0.15) is 5.69 Å². The molecule has 0 aliphatic heterocycles. The second-order valence-electron chi connectivity index (χ2n) is 3.71. The van der Waals surface area contributed by atoms with E-state index >= 15 is 0 Å². The lowest BCUT2D eigenvalue weighted by Gasteiger charge is -2.11. The van der Waals surface area contributed by atoms with Crippen molar-refractivity contribution in [1.82, 2.24) is 4.98 Å². The lowest BCUT2D eigenvalue weighted by atomic mass is 10.1. The van der Waals surface area contributed by atoms with Gasteiger partial charge in [0, 0.05) is 16.1 Å². The number of fused-ring (bicyclic) bond motifs is 1. The molecule has 0 spiro atoms. The summed E-state index contributed by atoms with van der Waals surface area (Å²) in [4.78, 5) is 3.58. The van der Waals surface area contributed by atoms with Gasteiger partial charge in [-0.2, -0.15) is 13.2 Å². The third-order valence-corrected chi connectivity index (χ3v) is 2.61. The van der Waals surface area contributed by atoms with Gasteiger partial charge < -0.3 is 5.73 Å². The molecule has 0 amide bonds. The Morgan fingerprint density at radius 1 is 1.24 bits per heavy atom. The molecule has 0 fully saturated rings. The van der Waals surface area contributed by atoms with E-state index in [1.165, 1.54) is 6.07 Å². The smallest absolute Gasteiger partial charge is 0.398 e. The van der Waals surface area contributed by atoms with Crippen molar-refractivity contribution in [3.63, 3.8) is 0 Å². The first kappa shape index (κ1) is 12.0. The van der Waals surface area contributed by atoms with Crippen LogP contribution in [0.15, 0.2) is 18.2 Å². The quantitative estimate of drug-likeness (QED) is 0.782. The summed E-state index contributed by atoms with van der Waals surface area (Å²) >= 11 is 5.82.